The first-order valence-corrected chi connectivity index (χ1v) is 7.22. The zero-order valence-electron chi connectivity index (χ0n) is 12.7. The normalized spacial score (nSPS) is 26.1. The van der Waals surface area contributed by atoms with Crippen LogP contribution in [0.4, 0.5) is 0 Å². The second-order valence-corrected chi connectivity index (χ2v) is 5.73. The van der Waals surface area contributed by atoms with Crippen LogP contribution in [0, 0.1) is 11.8 Å². The van der Waals surface area contributed by atoms with Crippen LogP contribution in [0.2, 0.25) is 0 Å². The van der Waals surface area contributed by atoms with E-state index in [0.717, 1.165) is 19.3 Å². The summed E-state index contributed by atoms with van der Waals surface area (Å²) in [5, 5.41) is 2.70. The van der Waals surface area contributed by atoms with Crippen molar-refractivity contribution in [2.45, 2.75) is 32.2 Å². The van der Waals surface area contributed by atoms with Gasteiger partial charge in [0.1, 0.15) is 0 Å². The lowest BCUT2D eigenvalue weighted by atomic mass is 9.78. The fraction of sp³-hybridized carbons (Fsp3) is 0.857. The Bertz CT molecular complexity index is 336. The van der Waals surface area contributed by atoms with Gasteiger partial charge in [-0.3, -0.25) is 9.59 Å². The standard InChI is InChI=1S/C14H27N3O3/c1-10-4-5-12(15)11(8-10)14(19)17(2)9-13(18)16-6-7-20-3/h10-12H,4-9,15H2,1-3H3,(H,16,18). The van der Waals surface area contributed by atoms with Crippen molar-refractivity contribution in [1.29, 1.82) is 0 Å². The molecule has 116 valence electrons. The highest BCUT2D eigenvalue weighted by molar-refractivity contribution is 5.86. The zero-order chi connectivity index (χ0) is 15.1. The first kappa shape index (κ1) is 16.9. The van der Waals surface area contributed by atoms with Gasteiger partial charge in [0.15, 0.2) is 0 Å². The highest BCUT2D eigenvalue weighted by Gasteiger charge is 2.33. The monoisotopic (exact) mass is 285 g/mol. The van der Waals surface area contributed by atoms with Crippen molar-refractivity contribution in [2.75, 3.05) is 33.9 Å². The van der Waals surface area contributed by atoms with Gasteiger partial charge in [0.25, 0.3) is 0 Å². The summed E-state index contributed by atoms with van der Waals surface area (Å²) in [5.74, 6) is 0.171. The molecule has 0 heterocycles. The molecule has 1 aliphatic carbocycles. The number of nitrogens with one attached hydrogen (secondary N) is 1. The van der Waals surface area contributed by atoms with Crippen molar-refractivity contribution in [1.82, 2.24) is 10.2 Å². The van der Waals surface area contributed by atoms with Gasteiger partial charge in [-0.05, 0) is 25.2 Å². The Morgan fingerprint density at radius 3 is 2.75 bits per heavy atom. The van der Waals surface area contributed by atoms with Crippen molar-refractivity contribution in [3.05, 3.63) is 0 Å². The number of carbonyl (C=O) groups excluding carboxylic acids is 2. The average Bonchev–Trinajstić information content (AvgIpc) is 2.41. The summed E-state index contributed by atoms with van der Waals surface area (Å²) >= 11 is 0. The lowest BCUT2D eigenvalue weighted by Crippen LogP contribution is -2.48. The minimum atomic E-state index is -0.171. The molecule has 0 aromatic rings. The Morgan fingerprint density at radius 2 is 2.10 bits per heavy atom. The fourth-order valence-electron chi connectivity index (χ4n) is 2.61. The molecule has 0 bridgehead atoms. The summed E-state index contributed by atoms with van der Waals surface area (Å²) in [7, 11) is 3.23. The van der Waals surface area contributed by atoms with Gasteiger partial charge in [0.05, 0.1) is 19.1 Å². The number of nitrogens with two attached hydrogens (primary N) is 1. The number of nitrogens with zero attached hydrogens (tertiary/aromatic N) is 1. The maximum absolute atomic E-state index is 12.4. The van der Waals surface area contributed by atoms with Crippen molar-refractivity contribution in [3.63, 3.8) is 0 Å². The van der Waals surface area contributed by atoms with Crippen LogP contribution in [-0.2, 0) is 14.3 Å². The molecule has 1 fully saturated rings. The largest absolute Gasteiger partial charge is 0.383 e. The minimum absolute atomic E-state index is 0.0223. The minimum Gasteiger partial charge on any atom is -0.383 e. The Kier molecular flexibility index (Phi) is 6.95. The van der Waals surface area contributed by atoms with Crippen LogP contribution in [0.25, 0.3) is 0 Å². The van der Waals surface area contributed by atoms with E-state index in [1.54, 1.807) is 14.2 Å². The van der Waals surface area contributed by atoms with Crippen LogP contribution >= 0.6 is 0 Å². The first-order valence-electron chi connectivity index (χ1n) is 7.22. The number of ether oxygens (including phenoxy) is 1. The van der Waals surface area contributed by atoms with E-state index >= 15 is 0 Å². The molecule has 20 heavy (non-hydrogen) atoms. The van der Waals surface area contributed by atoms with Crippen LogP contribution in [-0.4, -0.2) is 56.6 Å². The average molecular weight is 285 g/mol. The van der Waals surface area contributed by atoms with E-state index < -0.39 is 0 Å². The topological polar surface area (TPSA) is 84.7 Å². The number of methoxy groups -OCH3 is 1. The molecule has 1 saturated carbocycles. The van der Waals surface area contributed by atoms with Gasteiger partial charge in [-0.1, -0.05) is 6.92 Å². The van der Waals surface area contributed by atoms with Crippen molar-refractivity contribution in [3.8, 4) is 0 Å². The molecule has 6 nitrogen and oxygen atoms in total. The molecule has 1 aliphatic rings. The molecular weight excluding hydrogens is 258 g/mol. The summed E-state index contributed by atoms with van der Waals surface area (Å²) in [6.07, 6.45) is 2.77. The van der Waals surface area contributed by atoms with Gasteiger partial charge in [-0.25, -0.2) is 0 Å². The van der Waals surface area contributed by atoms with E-state index in [-0.39, 0.29) is 30.3 Å². The number of hydrogen-bond acceptors (Lipinski definition) is 4. The lowest BCUT2D eigenvalue weighted by Gasteiger charge is -2.33. The molecule has 0 saturated heterocycles. The molecule has 3 N–H and O–H groups in total. The van der Waals surface area contributed by atoms with Crippen molar-refractivity contribution < 1.29 is 14.3 Å². The van der Waals surface area contributed by atoms with Gasteiger partial charge in [-0.15, -0.1) is 0 Å². The Labute approximate surface area is 121 Å². The number of rotatable bonds is 6. The van der Waals surface area contributed by atoms with Gasteiger partial charge in [-0.2, -0.15) is 0 Å². The molecular formula is C14H27N3O3. The molecule has 3 atom stereocenters. The molecule has 2 amide bonds. The Hall–Kier alpha value is -1.14. The van der Waals surface area contributed by atoms with Gasteiger partial charge in [0, 0.05) is 26.7 Å². The van der Waals surface area contributed by atoms with Gasteiger partial charge >= 0.3 is 0 Å². The predicted octanol–water partition coefficient (Wildman–Crippen LogP) is -0.0291. The molecule has 6 heteroatoms. The quantitative estimate of drug-likeness (QED) is 0.671. The second kappa shape index (κ2) is 8.21. The third-order valence-corrected chi connectivity index (χ3v) is 3.87. The lowest BCUT2D eigenvalue weighted by molar-refractivity contribution is -0.139. The predicted molar refractivity (Wildman–Crippen MR) is 77.0 cm³/mol. The fourth-order valence-corrected chi connectivity index (χ4v) is 2.61. The zero-order valence-corrected chi connectivity index (χ0v) is 12.7. The van der Waals surface area contributed by atoms with Crippen LogP contribution < -0.4 is 11.1 Å². The van der Waals surface area contributed by atoms with Crippen LogP contribution in [0.5, 0.6) is 0 Å². The molecule has 0 aliphatic heterocycles. The smallest absolute Gasteiger partial charge is 0.239 e. The van der Waals surface area contributed by atoms with Crippen molar-refractivity contribution >= 4 is 11.8 Å². The number of likely N-dealkylation sites (N-methyl/N-ethyl adjacent to an activating group) is 1. The van der Waals surface area contributed by atoms with E-state index in [4.69, 9.17) is 10.5 Å². The van der Waals surface area contributed by atoms with Crippen LogP contribution in [0.15, 0.2) is 0 Å². The summed E-state index contributed by atoms with van der Waals surface area (Å²) in [6.45, 7) is 3.13. The summed E-state index contributed by atoms with van der Waals surface area (Å²) in [4.78, 5) is 25.5. The van der Waals surface area contributed by atoms with E-state index in [9.17, 15) is 9.59 Å². The second-order valence-electron chi connectivity index (χ2n) is 5.73. The van der Waals surface area contributed by atoms with E-state index in [2.05, 4.69) is 12.2 Å². The molecule has 0 aromatic carbocycles. The molecule has 0 spiro atoms. The van der Waals surface area contributed by atoms with E-state index in [1.165, 1.54) is 4.90 Å². The summed E-state index contributed by atoms with van der Waals surface area (Å²) in [5.41, 5.74) is 6.04. The highest BCUT2D eigenvalue weighted by atomic mass is 16.5. The maximum atomic E-state index is 12.4. The van der Waals surface area contributed by atoms with E-state index in [1.807, 2.05) is 0 Å². The van der Waals surface area contributed by atoms with Gasteiger partial charge < -0.3 is 20.7 Å². The number of amides is 2. The van der Waals surface area contributed by atoms with Crippen LogP contribution in [0.3, 0.4) is 0 Å². The third kappa shape index (κ3) is 5.09. The Morgan fingerprint density at radius 1 is 1.40 bits per heavy atom. The third-order valence-electron chi connectivity index (χ3n) is 3.87. The first-order chi connectivity index (χ1) is 9.45. The number of carbonyl (C=O) groups is 2. The molecule has 0 radical (unpaired) electrons. The summed E-state index contributed by atoms with van der Waals surface area (Å²) < 4.78 is 4.85. The van der Waals surface area contributed by atoms with E-state index in [0.29, 0.717) is 19.1 Å². The van der Waals surface area contributed by atoms with Crippen molar-refractivity contribution in [2.24, 2.45) is 17.6 Å². The van der Waals surface area contributed by atoms with Crippen LogP contribution in [0.1, 0.15) is 26.2 Å². The molecule has 1 rings (SSSR count). The summed E-state index contributed by atoms with van der Waals surface area (Å²) in [6, 6.07) is -0.0855. The maximum Gasteiger partial charge on any atom is 0.239 e. The highest BCUT2D eigenvalue weighted by Crippen LogP contribution is 2.29. The SMILES string of the molecule is COCCNC(=O)CN(C)C(=O)C1CC(C)CCC1N. The van der Waals surface area contributed by atoms with Gasteiger partial charge in [0.2, 0.25) is 11.8 Å². The number of hydrogen-bond donors (Lipinski definition) is 2. The molecule has 3 unspecified atom stereocenters. The molecule has 0 aromatic heterocycles. The Balaban J connectivity index is 2.43.